The molecule has 0 spiro atoms. The monoisotopic (exact) mass is 494 g/mol. The SMILES string of the molecule is CCNC(=NCc1ccccc1)NCCN1C(=O)C2C3C=CC(C3)C2C1=O.I. The molecule has 6 nitrogen and oxygen atoms in total. The number of carbonyl (C=O) groups is 2. The van der Waals surface area contributed by atoms with E-state index in [1.54, 1.807) is 0 Å². The van der Waals surface area contributed by atoms with Crippen molar-refractivity contribution in [3.63, 3.8) is 0 Å². The number of hydrogen-bond donors (Lipinski definition) is 2. The number of aliphatic imine (C=N–C) groups is 1. The number of likely N-dealkylation sites (tertiary alicyclic amines) is 1. The summed E-state index contributed by atoms with van der Waals surface area (Å²) in [6, 6.07) is 10.0. The Bertz CT molecular complexity index is 750. The van der Waals surface area contributed by atoms with E-state index >= 15 is 0 Å². The molecule has 0 radical (unpaired) electrons. The van der Waals surface area contributed by atoms with Gasteiger partial charge in [-0.05, 0) is 30.7 Å². The maximum absolute atomic E-state index is 12.7. The lowest BCUT2D eigenvalue weighted by Gasteiger charge is -2.18. The molecule has 150 valence electrons. The van der Waals surface area contributed by atoms with Gasteiger partial charge in [0.1, 0.15) is 0 Å². The molecule has 2 aliphatic carbocycles. The third-order valence-electron chi connectivity index (χ3n) is 5.80. The number of fused-ring (bicyclic) bond motifs is 5. The Morgan fingerprint density at radius 2 is 1.71 bits per heavy atom. The molecule has 1 aromatic carbocycles. The van der Waals surface area contributed by atoms with E-state index in [4.69, 9.17) is 0 Å². The van der Waals surface area contributed by atoms with Crippen molar-refractivity contribution in [1.29, 1.82) is 0 Å². The minimum atomic E-state index is -0.118. The number of nitrogens with zero attached hydrogens (tertiary/aromatic N) is 2. The molecule has 1 saturated carbocycles. The Morgan fingerprint density at radius 1 is 1.07 bits per heavy atom. The number of nitrogens with one attached hydrogen (secondary N) is 2. The third-order valence-corrected chi connectivity index (χ3v) is 5.80. The predicted molar refractivity (Wildman–Crippen MR) is 119 cm³/mol. The van der Waals surface area contributed by atoms with Crippen LogP contribution in [0.4, 0.5) is 0 Å². The van der Waals surface area contributed by atoms with E-state index < -0.39 is 0 Å². The molecule has 3 aliphatic rings. The van der Waals surface area contributed by atoms with Gasteiger partial charge in [0.05, 0.1) is 18.4 Å². The van der Waals surface area contributed by atoms with Crippen LogP contribution in [-0.4, -0.2) is 42.3 Å². The number of benzene rings is 1. The van der Waals surface area contributed by atoms with Crippen molar-refractivity contribution in [2.45, 2.75) is 19.9 Å². The number of allylic oxidation sites excluding steroid dienone is 2. The van der Waals surface area contributed by atoms with Crippen molar-refractivity contribution in [3.8, 4) is 0 Å². The molecule has 2 bridgehead atoms. The van der Waals surface area contributed by atoms with Crippen molar-refractivity contribution in [1.82, 2.24) is 15.5 Å². The highest BCUT2D eigenvalue weighted by molar-refractivity contribution is 14.0. The second-order valence-corrected chi connectivity index (χ2v) is 7.44. The van der Waals surface area contributed by atoms with Gasteiger partial charge in [0, 0.05) is 19.6 Å². The summed E-state index contributed by atoms with van der Waals surface area (Å²) in [5, 5.41) is 6.45. The highest BCUT2D eigenvalue weighted by Gasteiger charge is 2.58. The van der Waals surface area contributed by atoms with Crippen LogP contribution in [0.25, 0.3) is 0 Å². The lowest BCUT2D eigenvalue weighted by molar-refractivity contribution is -0.140. The maximum Gasteiger partial charge on any atom is 0.233 e. The summed E-state index contributed by atoms with van der Waals surface area (Å²) in [7, 11) is 0. The van der Waals surface area contributed by atoms with Crippen LogP contribution in [0.15, 0.2) is 47.5 Å². The lowest BCUT2D eigenvalue weighted by atomic mass is 9.85. The van der Waals surface area contributed by atoms with Crippen molar-refractivity contribution in [2.24, 2.45) is 28.7 Å². The van der Waals surface area contributed by atoms with Crippen LogP contribution in [0.5, 0.6) is 0 Å². The molecule has 4 unspecified atom stereocenters. The Kier molecular flexibility index (Phi) is 6.74. The van der Waals surface area contributed by atoms with Crippen LogP contribution >= 0.6 is 24.0 Å². The standard InChI is InChI=1S/C21H26N4O2.HI/c1-2-22-21(24-13-14-6-4-3-5-7-14)23-10-11-25-19(26)17-15-8-9-16(12-15)18(17)20(25)27;/h3-9,15-18H,2,10-13H2,1H3,(H2,22,23,24);1H. The molecule has 1 aromatic rings. The molecule has 1 saturated heterocycles. The van der Waals surface area contributed by atoms with Crippen LogP contribution < -0.4 is 10.6 Å². The van der Waals surface area contributed by atoms with Crippen LogP contribution in [0.3, 0.4) is 0 Å². The van der Waals surface area contributed by atoms with Gasteiger partial charge in [-0.2, -0.15) is 0 Å². The average molecular weight is 494 g/mol. The van der Waals surface area contributed by atoms with E-state index in [-0.39, 0.29) is 59.5 Å². The first-order valence-corrected chi connectivity index (χ1v) is 9.78. The number of halogens is 1. The number of carbonyl (C=O) groups excluding carboxylic acids is 2. The minimum absolute atomic E-state index is 0. The molecule has 2 amide bonds. The molecule has 7 heteroatoms. The molecule has 28 heavy (non-hydrogen) atoms. The van der Waals surface area contributed by atoms with Crippen molar-refractivity contribution in [2.75, 3.05) is 19.6 Å². The average Bonchev–Trinajstić information content (AvgIpc) is 3.36. The third kappa shape index (κ3) is 3.94. The lowest BCUT2D eigenvalue weighted by Crippen LogP contribution is -2.43. The van der Waals surface area contributed by atoms with Gasteiger partial charge in [0.25, 0.3) is 0 Å². The largest absolute Gasteiger partial charge is 0.357 e. The van der Waals surface area contributed by atoms with Crippen molar-refractivity contribution < 1.29 is 9.59 Å². The molecule has 1 aliphatic heterocycles. The van der Waals surface area contributed by atoms with Gasteiger partial charge in [-0.15, -0.1) is 24.0 Å². The molecule has 4 rings (SSSR count). The highest BCUT2D eigenvalue weighted by atomic mass is 127. The summed E-state index contributed by atoms with van der Waals surface area (Å²) >= 11 is 0. The van der Waals surface area contributed by atoms with E-state index in [0.29, 0.717) is 25.6 Å². The van der Waals surface area contributed by atoms with E-state index in [1.165, 1.54) is 4.90 Å². The van der Waals surface area contributed by atoms with Crippen molar-refractivity contribution in [3.05, 3.63) is 48.0 Å². The van der Waals surface area contributed by atoms with Crippen LogP contribution in [0.1, 0.15) is 18.9 Å². The summed E-state index contributed by atoms with van der Waals surface area (Å²) in [6.45, 7) is 4.23. The number of hydrogen-bond acceptors (Lipinski definition) is 3. The van der Waals surface area contributed by atoms with Gasteiger partial charge in [-0.3, -0.25) is 14.5 Å². The Morgan fingerprint density at radius 3 is 2.32 bits per heavy atom. The Hall–Kier alpha value is -1.90. The van der Waals surface area contributed by atoms with Crippen LogP contribution in [0.2, 0.25) is 0 Å². The summed E-state index contributed by atoms with van der Waals surface area (Å²) < 4.78 is 0. The van der Waals surface area contributed by atoms with Crippen molar-refractivity contribution >= 4 is 41.8 Å². The predicted octanol–water partition coefficient (Wildman–Crippen LogP) is 2.17. The summed E-state index contributed by atoms with van der Waals surface area (Å²) in [5.74, 6) is 1.01. The van der Waals surface area contributed by atoms with E-state index in [0.717, 1.165) is 18.5 Å². The second kappa shape index (κ2) is 9.07. The zero-order chi connectivity index (χ0) is 18.8. The van der Waals surface area contributed by atoms with Crippen LogP contribution in [0, 0.1) is 23.7 Å². The van der Waals surface area contributed by atoms with Gasteiger partial charge in [-0.1, -0.05) is 42.5 Å². The molecule has 0 aromatic heterocycles. The van der Waals surface area contributed by atoms with Gasteiger partial charge in [0.15, 0.2) is 5.96 Å². The first kappa shape index (κ1) is 20.8. The normalized spacial score (nSPS) is 27.8. The number of guanidine groups is 1. The molecule has 4 atom stereocenters. The fraction of sp³-hybridized carbons (Fsp3) is 0.476. The zero-order valence-electron chi connectivity index (χ0n) is 16.0. The first-order chi connectivity index (χ1) is 13.2. The summed E-state index contributed by atoms with van der Waals surface area (Å²) in [6.07, 6.45) is 5.21. The Labute approximate surface area is 182 Å². The van der Waals surface area contributed by atoms with E-state index in [9.17, 15) is 9.59 Å². The zero-order valence-corrected chi connectivity index (χ0v) is 18.3. The van der Waals surface area contributed by atoms with Gasteiger partial charge < -0.3 is 10.6 Å². The van der Waals surface area contributed by atoms with Gasteiger partial charge in [0.2, 0.25) is 11.8 Å². The fourth-order valence-corrected chi connectivity index (χ4v) is 4.57. The topological polar surface area (TPSA) is 73.8 Å². The Balaban J connectivity index is 0.00000225. The molecule has 2 fully saturated rings. The number of imide groups is 1. The number of rotatable bonds is 6. The molecule has 2 N–H and O–H groups in total. The maximum atomic E-state index is 12.7. The summed E-state index contributed by atoms with van der Waals surface area (Å²) in [5.41, 5.74) is 1.13. The quantitative estimate of drug-likeness (QED) is 0.209. The minimum Gasteiger partial charge on any atom is -0.357 e. The van der Waals surface area contributed by atoms with Gasteiger partial charge in [-0.25, -0.2) is 4.99 Å². The van der Waals surface area contributed by atoms with Gasteiger partial charge >= 0.3 is 0 Å². The molecular weight excluding hydrogens is 467 g/mol. The summed E-state index contributed by atoms with van der Waals surface area (Å²) in [4.78, 5) is 31.4. The van der Waals surface area contributed by atoms with E-state index in [1.807, 2.05) is 37.3 Å². The molecule has 1 heterocycles. The number of amides is 2. The first-order valence-electron chi connectivity index (χ1n) is 9.78. The molecular formula is C21H27IN4O2. The van der Waals surface area contributed by atoms with Crippen LogP contribution in [-0.2, 0) is 16.1 Å². The van der Waals surface area contributed by atoms with E-state index in [2.05, 4.69) is 27.8 Å². The second-order valence-electron chi connectivity index (χ2n) is 7.44. The fourth-order valence-electron chi connectivity index (χ4n) is 4.57. The highest BCUT2D eigenvalue weighted by Crippen LogP contribution is 2.52. The smallest absolute Gasteiger partial charge is 0.233 e.